The minimum Gasteiger partial charge on any atom is -0.481 e. The molecule has 0 unspecified atom stereocenters. The Morgan fingerprint density at radius 3 is 1.67 bits per heavy atom. The second kappa shape index (κ2) is 15.7. The average molecular weight is 211 g/mol. The van der Waals surface area contributed by atoms with Gasteiger partial charge in [-0.25, -0.2) is 0 Å². The van der Waals surface area contributed by atoms with Gasteiger partial charge in [-0.3, -0.25) is 4.79 Å². The van der Waals surface area contributed by atoms with E-state index in [-0.39, 0.29) is 26.2 Å². The molecular weight excluding hydrogens is 199 g/mol. The van der Waals surface area contributed by atoms with Crippen LogP contribution in [0.4, 0.5) is 0 Å². The molecule has 0 rings (SSSR count). The molecule has 0 fully saturated rings. The van der Waals surface area contributed by atoms with E-state index < -0.39 is 5.97 Å². The van der Waals surface area contributed by atoms with Crippen molar-refractivity contribution in [1.29, 1.82) is 0 Å². The standard InChI is InChI=1S/C3H8O.C2H4O2.Zr/c1-2-3-4;1-2(3)4;/h4H,2-3H2,1H3;1H3,(H,3,4);. The number of carboxylic acids is 1. The second-order valence-electron chi connectivity index (χ2n) is 1.24. The first-order valence-corrected chi connectivity index (χ1v) is 2.45. The van der Waals surface area contributed by atoms with Gasteiger partial charge in [-0.1, -0.05) is 6.92 Å². The number of carbonyl (C=O) groups is 1. The van der Waals surface area contributed by atoms with Crippen molar-refractivity contribution >= 4 is 5.97 Å². The molecule has 2 N–H and O–H groups in total. The summed E-state index contributed by atoms with van der Waals surface area (Å²) in [6.45, 7) is 3.33. The van der Waals surface area contributed by atoms with E-state index in [4.69, 9.17) is 15.0 Å². The normalized spacial score (nSPS) is 6.11. The third kappa shape index (κ3) is 192. The van der Waals surface area contributed by atoms with Crippen molar-refractivity contribution in [3.8, 4) is 0 Å². The van der Waals surface area contributed by atoms with Gasteiger partial charge in [0, 0.05) is 39.7 Å². The van der Waals surface area contributed by atoms with Gasteiger partial charge < -0.3 is 10.2 Å². The van der Waals surface area contributed by atoms with Crippen LogP contribution in [0.15, 0.2) is 0 Å². The fourth-order valence-corrected chi connectivity index (χ4v) is 0. The van der Waals surface area contributed by atoms with Crippen LogP contribution in [0.1, 0.15) is 20.3 Å². The van der Waals surface area contributed by atoms with E-state index in [1.165, 1.54) is 0 Å². The first-order chi connectivity index (χ1) is 3.65. The molecule has 0 atom stereocenters. The summed E-state index contributed by atoms with van der Waals surface area (Å²) in [5, 5.41) is 15.3. The number of carboxylic acid groups (broad SMARTS) is 1. The zero-order valence-electron chi connectivity index (χ0n) is 5.72. The van der Waals surface area contributed by atoms with Crippen molar-refractivity contribution in [1.82, 2.24) is 0 Å². The first kappa shape index (κ1) is 16.1. The minimum atomic E-state index is -0.833. The Morgan fingerprint density at radius 1 is 1.56 bits per heavy atom. The molecule has 0 radical (unpaired) electrons. The van der Waals surface area contributed by atoms with Crippen LogP contribution < -0.4 is 0 Å². The molecular formula is C5H12O3Zr. The Labute approximate surface area is 74.2 Å². The van der Waals surface area contributed by atoms with Crippen LogP contribution in [0.2, 0.25) is 0 Å². The molecule has 0 aliphatic rings. The summed E-state index contributed by atoms with van der Waals surface area (Å²) in [5.74, 6) is -0.833. The van der Waals surface area contributed by atoms with E-state index in [0.29, 0.717) is 6.61 Å². The maximum Gasteiger partial charge on any atom is 0.300 e. The molecule has 0 aromatic heterocycles. The molecule has 0 aliphatic heterocycles. The average Bonchev–Trinajstić information content (AvgIpc) is 1.65. The second-order valence-corrected chi connectivity index (χ2v) is 1.24. The molecule has 4 heteroatoms. The maximum atomic E-state index is 9.00. The van der Waals surface area contributed by atoms with Gasteiger partial charge in [-0.15, -0.1) is 0 Å². The Bertz CT molecular complexity index is 50.2. The SMILES string of the molecule is CC(=O)O.CCCO.[Zr]. The predicted molar refractivity (Wildman–Crippen MR) is 30.7 cm³/mol. The van der Waals surface area contributed by atoms with Gasteiger partial charge in [0.2, 0.25) is 0 Å². The molecule has 0 spiro atoms. The summed E-state index contributed by atoms with van der Waals surface area (Å²) >= 11 is 0. The van der Waals surface area contributed by atoms with E-state index in [0.717, 1.165) is 13.3 Å². The third-order valence-electron chi connectivity index (χ3n) is 0.224. The summed E-state index contributed by atoms with van der Waals surface area (Å²) in [6, 6.07) is 0. The Morgan fingerprint density at radius 2 is 1.67 bits per heavy atom. The number of aliphatic hydroxyl groups is 1. The smallest absolute Gasteiger partial charge is 0.300 e. The Hall–Kier alpha value is 0.313. The van der Waals surface area contributed by atoms with Crippen molar-refractivity contribution in [3.63, 3.8) is 0 Å². The topological polar surface area (TPSA) is 57.5 Å². The van der Waals surface area contributed by atoms with E-state index >= 15 is 0 Å². The van der Waals surface area contributed by atoms with E-state index in [2.05, 4.69) is 0 Å². The molecule has 0 aliphatic carbocycles. The molecule has 54 valence electrons. The molecule has 0 saturated carbocycles. The number of rotatable bonds is 1. The molecule has 0 amide bonds. The van der Waals surface area contributed by atoms with Gasteiger partial charge in [0.25, 0.3) is 5.97 Å². The number of hydrogen-bond donors (Lipinski definition) is 2. The van der Waals surface area contributed by atoms with Crippen molar-refractivity contribution in [2.75, 3.05) is 6.61 Å². The van der Waals surface area contributed by atoms with Crippen LogP contribution >= 0.6 is 0 Å². The van der Waals surface area contributed by atoms with Gasteiger partial charge in [-0.05, 0) is 6.42 Å². The maximum absolute atomic E-state index is 9.00. The fraction of sp³-hybridized carbons (Fsp3) is 0.800. The molecule has 0 heterocycles. The van der Waals surface area contributed by atoms with E-state index in [9.17, 15) is 0 Å². The summed E-state index contributed by atoms with van der Waals surface area (Å²) in [6.07, 6.45) is 0.875. The van der Waals surface area contributed by atoms with Crippen LogP contribution in [0.3, 0.4) is 0 Å². The zero-order valence-corrected chi connectivity index (χ0v) is 8.17. The van der Waals surface area contributed by atoms with Crippen LogP contribution in [0.25, 0.3) is 0 Å². The number of aliphatic hydroxyl groups excluding tert-OH is 1. The molecule has 3 nitrogen and oxygen atoms in total. The summed E-state index contributed by atoms with van der Waals surface area (Å²) in [5.41, 5.74) is 0. The van der Waals surface area contributed by atoms with Crippen LogP contribution in [0.5, 0.6) is 0 Å². The van der Waals surface area contributed by atoms with Gasteiger partial charge >= 0.3 is 0 Å². The largest absolute Gasteiger partial charge is 0.481 e. The predicted octanol–water partition coefficient (Wildman–Crippen LogP) is 0.477. The van der Waals surface area contributed by atoms with Gasteiger partial charge in [-0.2, -0.15) is 0 Å². The van der Waals surface area contributed by atoms with Gasteiger partial charge in [0.1, 0.15) is 0 Å². The van der Waals surface area contributed by atoms with Crippen molar-refractivity contribution in [2.24, 2.45) is 0 Å². The molecule has 0 saturated heterocycles. The quantitative estimate of drug-likeness (QED) is 0.663. The van der Waals surface area contributed by atoms with Gasteiger partial charge in [0.15, 0.2) is 0 Å². The first-order valence-electron chi connectivity index (χ1n) is 2.45. The third-order valence-corrected chi connectivity index (χ3v) is 0.224. The minimum absolute atomic E-state index is 0. The Kier molecular flexibility index (Phi) is 28.3. The summed E-state index contributed by atoms with van der Waals surface area (Å²) in [7, 11) is 0. The number of aliphatic carboxylic acids is 1. The molecule has 0 bridgehead atoms. The van der Waals surface area contributed by atoms with Crippen LogP contribution in [-0.2, 0) is 31.0 Å². The fourth-order valence-electron chi connectivity index (χ4n) is 0. The number of hydrogen-bond acceptors (Lipinski definition) is 2. The molecule has 0 aromatic rings. The monoisotopic (exact) mass is 210 g/mol. The van der Waals surface area contributed by atoms with Crippen molar-refractivity contribution in [3.05, 3.63) is 0 Å². The van der Waals surface area contributed by atoms with Crippen molar-refractivity contribution in [2.45, 2.75) is 20.3 Å². The Balaban J connectivity index is -0.0000000720. The van der Waals surface area contributed by atoms with E-state index in [1.807, 2.05) is 6.92 Å². The molecule has 0 aromatic carbocycles. The van der Waals surface area contributed by atoms with Crippen molar-refractivity contribution < 1.29 is 41.2 Å². The summed E-state index contributed by atoms with van der Waals surface area (Å²) in [4.78, 5) is 9.00. The van der Waals surface area contributed by atoms with Gasteiger partial charge in [0.05, 0.1) is 0 Å². The van der Waals surface area contributed by atoms with Crippen LogP contribution in [0, 0.1) is 0 Å². The molecule has 9 heavy (non-hydrogen) atoms. The van der Waals surface area contributed by atoms with E-state index in [1.54, 1.807) is 0 Å². The zero-order chi connectivity index (χ0) is 6.99. The summed E-state index contributed by atoms with van der Waals surface area (Å²) < 4.78 is 0. The van der Waals surface area contributed by atoms with Crippen LogP contribution in [-0.4, -0.2) is 22.8 Å².